The molecule has 1 spiro atoms. The first-order valence-electron chi connectivity index (χ1n) is 9.21. The highest BCUT2D eigenvalue weighted by Gasteiger charge is 2.43. The summed E-state index contributed by atoms with van der Waals surface area (Å²) >= 11 is 0. The number of anilines is 3. The molecule has 2 fully saturated rings. The van der Waals surface area contributed by atoms with E-state index < -0.39 is 0 Å². The molecule has 1 amide bonds. The van der Waals surface area contributed by atoms with Gasteiger partial charge in [-0.25, -0.2) is 9.97 Å². The SMILES string of the molecule is CNC(=O)c1nnc(Nc2cnc(C#N)cn2)cc1NC1CCC2(CCN2)C1. The van der Waals surface area contributed by atoms with Gasteiger partial charge in [-0.2, -0.15) is 5.26 Å². The fourth-order valence-electron chi connectivity index (χ4n) is 3.77. The minimum Gasteiger partial charge on any atom is -0.380 e. The van der Waals surface area contributed by atoms with E-state index in [-0.39, 0.29) is 28.9 Å². The van der Waals surface area contributed by atoms with Gasteiger partial charge in [0.05, 0.1) is 18.1 Å². The first-order valence-corrected chi connectivity index (χ1v) is 9.21. The Morgan fingerprint density at radius 1 is 1.29 bits per heavy atom. The first-order chi connectivity index (χ1) is 13.6. The second kappa shape index (κ2) is 7.36. The van der Waals surface area contributed by atoms with Crippen molar-refractivity contribution >= 4 is 23.2 Å². The largest absolute Gasteiger partial charge is 0.380 e. The molecule has 2 atom stereocenters. The Labute approximate surface area is 162 Å². The number of aromatic nitrogens is 4. The van der Waals surface area contributed by atoms with E-state index in [4.69, 9.17) is 5.26 Å². The van der Waals surface area contributed by atoms with Crippen LogP contribution in [0.2, 0.25) is 0 Å². The van der Waals surface area contributed by atoms with Crippen LogP contribution in [-0.4, -0.2) is 51.2 Å². The lowest BCUT2D eigenvalue weighted by Crippen LogP contribution is -2.55. The minimum absolute atomic E-state index is 0.230. The molecule has 2 aromatic heterocycles. The molecule has 1 saturated carbocycles. The van der Waals surface area contributed by atoms with Crippen LogP contribution >= 0.6 is 0 Å². The molecule has 1 aliphatic carbocycles. The molecule has 1 saturated heterocycles. The highest BCUT2D eigenvalue weighted by molar-refractivity contribution is 5.97. The second-order valence-electron chi connectivity index (χ2n) is 7.14. The van der Waals surface area contributed by atoms with E-state index in [1.807, 2.05) is 6.07 Å². The van der Waals surface area contributed by atoms with Crippen molar-refractivity contribution in [2.75, 3.05) is 24.2 Å². The number of hydrogen-bond acceptors (Lipinski definition) is 9. The van der Waals surface area contributed by atoms with E-state index in [1.54, 1.807) is 13.1 Å². The van der Waals surface area contributed by atoms with Gasteiger partial charge in [0.15, 0.2) is 17.2 Å². The Bertz CT molecular complexity index is 918. The summed E-state index contributed by atoms with van der Waals surface area (Å²) in [5.41, 5.74) is 1.36. The van der Waals surface area contributed by atoms with Crippen molar-refractivity contribution in [2.45, 2.75) is 37.3 Å². The zero-order chi connectivity index (χ0) is 19.6. The molecule has 10 nitrogen and oxygen atoms in total. The highest BCUT2D eigenvalue weighted by Crippen LogP contribution is 2.38. The quantitative estimate of drug-likeness (QED) is 0.597. The van der Waals surface area contributed by atoms with Crippen LogP contribution in [0.4, 0.5) is 17.3 Å². The van der Waals surface area contributed by atoms with Gasteiger partial charge in [-0.15, -0.1) is 10.2 Å². The minimum atomic E-state index is -0.297. The summed E-state index contributed by atoms with van der Waals surface area (Å²) < 4.78 is 0. The summed E-state index contributed by atoms with van der Waals surface area (Å²) in [7, 11) is 1.56. The number of hydrogen-bond donors (Lipinski definition) is 4. The molecular formula is C18H21N9O. The van der Waals surface area contributed by atoms with Gasteiger partial charge in [0.25, 0.3) is 5.91 Å². The third-order valence-electron chi connectivity index (χ3n) is 5.33. The van der Waals surface area contributed by atoms with Crippen LogP contribution < -0.4 is 21.3 Å². The third-order valence-corrected chi connectivity index (χ3v) is 5.33. The van der Waals surface area contributed by atoms with Crippen molar-refractivity contribution in [1.82, 2.24) is 30.8 Å². The van der Waals surface area contributed by atoms with E-state index in [0.717, 1.165) is 25.8 Å². The Hall–Kier alpha value is -3.32. The third kappa shape index (κ3) is 3.57. The number of carbonyl (C=O) groups excluding carboxylic acids is 1. The summed E-state index contributed by atoms with van der Waals surface area (Å²) in [5, 5.41) is 29.6. The zero-order valence-corrected chi connectivity index (χ0v) is 15.5. The van der Waals surface area contributed by atoms with Gasteiger partial charge in [-0.05, 0) is 32.2 Å². The molecule has 2 aromatic rings. The molecule has 0 bridgehead atoms. The van der Waals surface area contributed by atoms with Crippen LogP contribution in [0.25, 0.3) is 0 Å². The average molecular weight is 379 g/mol. The topological polar surface area (TPSA) is 141 Å². The van der Waals surface area contributed by atoms with E-state index in [9.17, 15) is 4.79 Å². The van der Waals surface area contributed by atoms with E-state index in [2.05, 4.69) is 41.4 Å². The molecule has 0 aromatic carbocycles. The molecule has 2 aliphatic rings. The predicted molar refractivity (Wildman–Crippen MR) is 102 cm³/mol. The van der Waals surface area contributed by atoms with Crippen molar-refractivity contribution < 1.29 is 4.79 Å². The number of nitrogens with zero attached hydrogens (tertiary/aromatic N) is 5. The Morgan fingerprint density at radius 2 is 2.14 bits per heavy atom. The summed E-state index contributed by atoms with van der Waals surface area (Å²) in [6.45, 7) is 1.08. The summed E-state index contributed by atoms with van der Waals surface area (Å²) in [5.74, 6) is 0.572. The van der Waals surface area contributed by atoms with Gasteiger partial charge in [0, 0.05) is 24.7 Å². The number of carbonyl (C=O) groups is 1. The summed E-state index contributed by atoms with van der Waals surface area (Å²) in [4.78, 5) is 20.3. The maximum absolute atomic E-state index is 12.2. The van der Waals surface area contributed by atoms with Gasteiger partial charge < -0.3 is 21.3 Å². The second-order valence-corrected chi connectivity index (χ2v) is 7.14. The lowest BCUT2D eigenvalue weighted by Gasteiger charge is -2.40. The number of rotatable bonds is 5. The predicted octanol–water partition coefficient (Wildman–Crippen LogP) is 0.938. The molecule has 3 heterocycles. The van der Waals surface area contributed by atoms with E-state index >= 15 is 0 Å². The Morgan fingerprint density at radius 3 is 2.75 bits per heavy atom. The summed E-state index contributed by atoms with van der Waals surface area (Å²) in [6, 6.07) is 3.93. The molecule has 2 unspecified atom stereocenters. The van der Waals surface area contributed by atoms with Crippen LogP contribution in [0.5, 0.6) is 0 Å². The van der Waals surface area contributed by atoms with Crippen LogP contribution in [0.3, 0.4) is 0 Å². The molecular weight excluding hydrogens is 358 g/mol. The van der Waals surface area contributed by atoms with Crippen molar-refractivity contribution in [3.8, 4) is 6.07 Å². The maximum Gasteiger partial charge on any atom is 0.273 e. The van der Waals surface area contributed by atoms with Gasteiger partial charge in [-0.1, -0.05) is 0 Å². The number of nitrogens with one attached hydrogen (secondary N) is 4. The lowest BCUT2D eigenvalue weighted by molar-refractivity contribution is 0.0958. The van der Waals surface area contributed by atoms with Crippen LogP contribution in [0.15, 0.2) is 18.5 Å². The van der Waals surface area contributed by atoms with Crippen molar-refractivity contribution in [2.24, 2.45) is 0 Å². The standard InChI is InChI=1S/C18H21N9O/c1-20-17(28)16-13(24-11-2-3-18(7-11)4-5-23-18)6-14(26-27-16)25-15-10-21-12(8-19)9-22-15/h6,9-11,23H,2-5,7H2,1H3,(H,20,28)(H2,22,24,25,26). The molecule has 144 valence electrons. The molecule has 4 N–H and O–H groups in total. The molecule has 1 aliphatic heterocycles. The Kier molecular flexibility index (Phi) is 4.75. The highest BCUT2D eigenvalue weighted by atomic mass is 16.1. The van der Waals surface area contributed by atoms with E-state index in [0.29, 0.717) is 17.3 Å². The number of nitriles is 1. The normalized spacial score (nSPS) is 22.9. The van der Waals surface area contributed by atoms with Gasteiger partial charge in [-0.3, -0.25) is 4.79 Å². The Balaban J connectivity index is 1.54. The molecule has 28 heavy (non-hydrogen) atoms. The van der Waals surface area contributed by atoms with E-state index in [1.165, 1.54) is 18.8 Å². The monoisotopic (exact) mass is 379 g/mol. The number of amides is 1. The van der Waals surface area contributed by atoms with Crippen molar-refractivity contribution in [1.29, 1.82) is 5.26 Å². The van der Waals surface area contributed by atoms with Crippen LogP contribution in [-0.2, 0) is 0 Å². The molecule has 0 radical (unpaired) electrons. The first kappa shape index (κ1) is 18.1. The fraction of sp³-hybridized carbons (Fsp3) is 0.444. The zero-order valence-electron chi connectivity index (χ0n) is 15.5. The van der Waals surface area contributed by atoms with Crippen LogP contribution in [0, 0.1) is 11.3 Å². The molecule has 10 heteroatoms. The fourth-order valence-corrected chi connectivity index (χ4v) is 3.77. The van der Waals surface area contributed by atoms with Gasteiger partial charge in [0.1, 0.15) is 11.9 Å². The van der Waals surface area contributed by atoms with Crippen molar-refractivity contribution in [3.63, 3.8) is 0 Å². The van der Waals surface area contributed by atoms with Crippen molar-refractivity contribution in [3.05, 3.63) is 29.8 Å². The summed E-state index contributed by atoms with van der Waals surface area (Å²) in [6.07, 6.45) is 7.20. The molecule has 4 rings (SSSR count). The van der Waals surface area contributed by atoms with Gasteiger partial charge >= 0.3 is 0 Å². The lowest BCUT2D eigenvalue weighted by atomic mass is 9.86. The smallest absolute Gasteiger partial charge is 0.273 e. The van der Waals surface area contributed by atoms with Gasteiger partial charge in [0.2, 0.25) is 0 Å². The maximum atomic E-state index is 12.2. The van der Waals surface area contributed by atoms with Crippen LogP contribution in [0.1, 0.15) is 41.9 Å². The average Bonchev–Trinajstić information content (AvgIpc) is 3.13.